The van der Waals surface area contributed by atoms with Gasteiger partial charge >= 0.3 is 0 Å². The van der Waals surface area contributed by atoms with E-state index in [1.807, 2.05) is 60.9 Å². The fraction of sp³-hybridized carbons (Fsp3) is 0.182. The molecular weight excluding hydrogens is 384 g/mol. The summed E-state index contributed by atoms with van der Waals surface area (Å²) in [5, 5.41) is 9.34. The lowest BCUT2D eigenvalue weighted by molar-refractivity contribution is 0.102. The maximum absolute atomic E-state index is 12.7. The number of benzene rings is 1. The van der Waals surface area contributed by atoms with E-state index in [2.05, 4.69) is 15.2 Å². The van der Waals surface area contributed by atoms with Crippen LogP contribution in [0.4, 0.5) is 0 Å². The minimum Gasteiger partial charge on any atom is -0.467 e. The van der Waals surface area contributed by atoms with Crippen molar-refractivity contribution in [3.8, 4) is 11.4 Å². The number of hydrogen-bond donors (Lipinski definition) is 0. The third-order valence-electron chi connectivity index (χ3n) is 4.55. The highest BCUT2D eigenvalue weighted by Gasteiger charge is 2.18. The molecule has 0 N–H and O–H groups in total. The van der Waals surface area contributed by atoms with Crippen LogP contribution in [0.15, 0.2) is 70.7 Å². The average Bonchev–Trinajstić information content (AvgIpc) is 3.37. The fourth-order valence-corrected chi connectivity index (χ4v) is 3.96. The van der Waals surface area contributed by atoms with Gasteiger partial charge in [0.2, 0.25) is 0 Å². The van der Waals surface area contributed by atoms with Gasteiger partial charge in [-0.1, -0.05) is 35.5 Å². The summed E-state index contributed by atoms with van der Waals surface area (Å²) < 4.78 is 7.46. The smallest absolute Gasteiger partial charge is 0.192 e. The first-order valence-corrected chi connectivity index (χ1v) is 10.2. The van der Waals surface area contributed by atoms with Gasteiger partial charge in [-0.2, -0.15) is 0 Å². The number of nitrogens with zero attached hydrogens (tertiary/aromatic N) is 4. The number of pyridine rings is 1. The number of aryl methyl sites for hydroxylation is 2. The zero-order valence-electron chi connectivity index (χ0n) is 16.2. The van der Waals surface area contributed by atoms with Crippen LogP contribution >= 0.6 is 11.8 Å². The second-order valence-corrected chi connectivity index (χ2v) is 7.69. The molecular formula is C22H20N4O2S. The standard InChI is InChI=1S/C22H20N4O2S/c1-15-7-8-19(16(2)11-15)20(27)14-29-22-25-24-21(17-5-3-9-23-12-17)26(22)13-18-6-4-10-28-18/h3-12H,13-14H2,1-2H3. The number of Topliss-reactive ketones (excluding diaryl/α,β-unsaturated/α-hetero) is 1. The summed E-state index contributed by atoms with van der Waals surface area (Å²) in [6.45, 7) is 4.46. The van der Waals surface area contributed by atoms with Crippen molar-refractivity contribution in [2.45, 2.75) is 25.5 Å². The van der Waals surface area contributed by atoms with E-state index in [-0.39, 0.29) is 11.5 Å². The van der Waals surface area contributed by atoms with Gasteiger partial charge in [0.25, 0.3) is 0 Å². The van der Waals surface area contributed by atoms with Crippen molar-refractivity contribution in [1.82, 2.24) is 19.7 Å². The Morgan fingerprint density at radius 2 is 2.03 bits per heavy atom. The molecule has 146 valence electrons. The monoisotopic (exact) mass is 404 g/mol. The summed E-state index contributed by atoms with van der Waals surface area (Å²) in [6, 6.07) is 13.4. The second kappa shape index (κ2) is 8.45. The number of carbonyl (C=O) groups excluding carboxylic acids is 1. The number of aromatic nitrogens is 4. The minimum absolute atomic E-state index is 0.0722. The molecule has 3 aromatic heterocycles. The predicted molar refractivity (Wildman–Crippen MR) is 112 cm³/mol. The van der Waals surface area contributed by atoms with Crippen LogP contribution in [0.1, 0.15) is 27.2 Å². The zero-order valence-corrected chi connectivity index (χ0v) is 17.0. The molecule has 0 fully saturated rings. The molecule has 6 nitrogen and oxygen atoms in total. The Balaban J connectivity index is 1.59. The van der Waals surface area contributed by atoms with Crippen LogP contribution in [0.25, 0.3) is 11.4 Å². The maximum atomic E-state index is 12.7. The van der Waals surface area contributed by atoms with E-state index in [1.165, 1.54) is 11.8 Å². The van der Waals surface area contributed by atoms with Crippen molar-refractivity contribution in [3.63, 3.8) is 0 Å². The van der Waals surface area contributed by atoms with E-state index in [4.69, 9.17) is 4.42 Å². The first-order valence-electron chi connectivity index (χ1n) is 9.21. The van der Waals surface area contributed by atoms with Gasteiger partial charge in [-0.05, 0) is 43.7 Å². The maximum Gasteiger partial charge on any atom is 0.192 e. The highest BCUT2D eigenvalue weighted by molar-refractivity contribution is 7.99. The molecule has 0 radical (unpaired) electrons. The summed E-state index contributed by atoms with van der Waals surface area (Å²) in [5.41, 5.74) is 3.74. The quantitative estimate of drug-likeness (QED) is 0.332. The number of hydrogen-bond acceptors (Lipinski definition) is 6. The molecule has 0 aliphatic heterocycles. The summed E-state index contributed by atoms with van der Waals surface area (Å²) >= 11 is 1.38. The third kappa shape index (κ3) is 4.30. The first-order chi connectivity index (χ1) is 14.1. The van der Waals surface area contributed by atoms with Crippen LogP contribution in [-0.2, 0) is 6.54 Å². The van der Waals surface area contributed by atoms with Gasteiger partial charge in [0, 0.05) is 23.5 Å². The number of ketones is 1. The second-order valence-electron chi connectivity index (χ2n) is 6.74. The molecule has 0 amide bonds. The van der Waals surface area contributed by atoms with Crippen LogP contribution in [0.2, 0.25) is 0 Å². The molecule has 4 rings (SSSR count). The van der Waals surface area contributed by atoms with Gasteiger partial charge in [-0.3, -0.25) is 14.3 Å². The Labute approximate surface area is 173 Å². The Morgan fingerprint density at radius 1 is 1.14 bits per heavy atom. The van der Waals surface area contributed by atoms with Gasteiger partial charge in [-0.25, -0.2) is 0 Å². The van der Waals surface area contributed by atoms with Gasteiger partial charge in [0.15, 0.2) is 16.8 Å². The largest absolute Gasteiger partial charge is 0.467 e. The van der Waals surface area contributed by atoms with E-state index >= 15 is 0 Å². The highest BCUT2D eigenvalue weighted by atomic mass is 32.2. The third-order valence-corrected chi connectivity index (χ3v) is 5.51. The average molecular weight is 404 g/mol. The summed E-state index contributed by atoms with van der Waals surface area (Å²) in [4.78, 5) is 16.9. The van der Waals surface area contributed by atoms with E-state index in [9.17, 15) is 4.79 Å². The van der Waals surface area contributed by atoms with E-state index < -0.39 is 0 Å². The molecule has 0 saturated carbocycles. The Morgan fingerprint density at radius 3 is 2.76 bits per heavy atom. The SMILES string of the molecule is Cc1ccc(C(=O)CSc2nnc(-c3cccnc3)n2Cc2ccco2)c(C)c1. The lowest BCUT2D eigenvalue weighted by atomic mass is 10.0. The van der Waals surface area contributed by atoms with Crippen LogP contribution < -0.4 is 0 Å². The molecule has 3 heterocycles. The molecule has 4 aromatic rings. The van der Waals surface area contributed by atoms with Crippen molar-refractivity contribution >= 4 is 17.5 Å². The summed E-state index contributed by atoms with van der Waals surface area (Å²) in [6.07, 6.45) is 5.10. The summed E-state index contributed by atoms with van der Waals surface area (Å²) in [7, 11) is 0. The van der Waals surface area contributed by atoms with E-state index in [0.29, 0.717) is 17.5 Å². The zero-order chi connectivity index (χ0) is 20.2. The fourth-order valence-electron chi connectivity index (χ4n) is 3.14. The van der Waals surface area contributed by atoms with E-state index in [0.717, 1.165) is 28.0 Å². The van der Waals surface area contributed by atoms with Crippen molar-refractivity contribution < 1.29 is 9.21 Å². The van der Waals surface area contributed by atoms with Crippen molar-refractivity contribution in [2.75, 3.05) is 5.75 Å². The van der Waals surface area contributed by atoms with Gasteiger partial charge in [0.1, 0.15) is 5.76 Å². The number of furan rings is 1. The van der Waals surface area contributed by atoms with E-state index in [1.54, 1.807) is 18.7 Å². The highest BCUT2D eigenvalue weighted by Crippen LogP contribution is 2.26. The molecule has 0 aliphatic rings. The molecule has 7 heteroatoms. The topological polar surface area (TPSA) is 73.8 Å². The van der Waals surface area contributed by atoms with Crippen LogP contribution in [0.5, 0.6) is 0 Å². The van der Waals surface area contributed by atoms with Crippen LogP contribution in [0.3, 0.4) is 0 Å². The molecule has 1 aromatic carbocycles. The number of thioether (sulfide) groups is 1. The van der Waals surface area contributed by atoms with Gasteiger partial charge in [-0.15, -0.1) is 10.2 Å². The van der Waals surface area contributed by atoms with Gasteiger partial charge < -0.3 is 4.42 Å². The first kappa shape index (κ1) is 19.1. The predicted octanol–water partition coefficient (Wildman–Crippen LogP) is 4.57. The number of carbonyl (C=O) groups is 1. The normalized spacial score (nSPS) is 11.0. The molecule has 0 unspecified atom stereocenters. The Kier molecular flexibility index (Phi) is 5.57. The number of rotatable bonds is 7. The summed E-state index contributed by atoms with van der Waals surface area (Å²) in [5.74, 6) is 1.84. The minimum atomic E-state index is 0.0722. The lowest BCUT2D eigenvalue weighted by Gasteiger charge is -2.09. The lowest BCUT2D eigenvalue weighted by Crippen LogP contribution is -2.08. The van der Waals surface area contributed by atoms with Crippen LogP contribution in [-0.4, -0.2) is 31.3 Å². The van der Waals surface area contributed by atoms with Gasteiger partial charge in [0.05, 0.1) is 18.6 Å². The molecule has 0 spiro atoms. The van der Waals surface area contributed by atoms with Crippen LogP contribution in [0, 0.1) is 13.8 Å². The van der Waals surface area contributed by atoms with Crippen molar-refractivity contribution in [3.05, 3.63) is 83.6 Å². The molecule has 0 saturated heterocycles. The molecule has 0 atom stereocenters. The molecule has 0 bridgehead atoms. The Hall–Kier alpha value is -3.19. The Bertz CT molecular complexity index is 1120. The molecule has 0 aliphatic carbocycles. The van der Waals surface area contributed by atoms with Crippen molar-refractivity contribution in [1.29, 1.82) is 0 Å². The van der Waals surface area contributed by atoms with Crippen molar-refractivity contribution in [2.24, 2.45) is 0 Å². The molecule has 29 heavy (non-hydrogen) atoms.